The van der Waals surface area contributed by atoms with Crippen molar-refractivity contribution in [1.82, 2.24) is 5.32 Å². The van der Waals surface area contributed by atoms with E-state index >= 15 is 0 Å². The van der Waals surface area contributed by atoms with Crippen LogP contribution in [-0.4, -0.2) is 30.7 Å². The Hall–Kier alpha value is -1.41. The SMILES string of the molecule is CCOC(=O)NC(=O)C(F)(F)C(F)(F)F. The number of alkyl halides is 5. The highest BCUT2D eigenvalue weighted by Crippen LogP contribution is 2.35. The fourth-order valence-corrected chi connectivity index (χ4v) is 0.467. The summed E-state index contributed by atoms with van der Waals surface area (Å²) in [5.41, 5.74) is 0. The zero-order valence-corrected chi connectivity index (χ0v) is 7.32. The van der Waals surface area contributed by atoms with E-state index < -0.39 is 24.1 Å². The Morgan fingerprint density at radius 2 is 1.67 bits per heavy atom. The molecule has 0 heterocycles. The minimum atomic E-state index is -6.05. The van der Waals surface area contributed by atoms with Crippen molar-refractivity contribution in [3.05, 3.63) is 0 Å². The summed E-state index contributed by atoms with van der Waals surface area (Å²) in [5.74, 6) is -8.40. The summed E-state index contributed by atoms with van der Waals surface area (Å²) in [4.78, 5) is 20.7. The molecule has 0 spiro atoms. The first-order valence-corrected chi connectivity index (χ1v) is 3.55. The standard InChI is InChI=1S/C6H6F5NO3/c1-2-15-4(14)12-3(13)5(7,8)6(9,10)11/h2H2,1H3,(H,12,13,14). The Balaban J connectivity index is 4.52. The second-order valence-corrected chi connectivity index (χ2v) is 2.25. The van der Waals surface area contributed by atoms with Gasteiger partial charge in [-0.15, -0.1) is 0 Å². The Morgan fingerprint density at radius 1 is 1.20 bits per heavy atom. The molecule has 1 N–H and O–H groups in total. The Kier molecular flexibility index (Phi) is 3.99. The number of carbonyl (C=O) groups is 2. The van der Waals surface area contributed by atoms with Crippen LogP contribution in [0, 0.1) is 0 Å². The van der Waals surface area contributed by atoms with Gasteiger partial charge in [-0.3, -0.25) is 10.1 Å². The van der Waals surface area contributed by atoms with Crippen LogP contribution in [0.25, 0.3) is 0 Å². The van der Waals surface area contributed by atoms with E-state index in [-0.39, 0.29) is 6.61 Å². The van der Waals surface area contributed by atoms with Gasteiger partial charge in [-0.25, -0.2) is 4.79 Å². The predicted molar refractivity (Wildman–Crippen MR) is 36.2 cm³/mol. The molecule has 0 aromatic rings. The van der Waals surface area contributed by atoms with Gasteiger partial charge >= 0.3 is 24.1 Å². The zero-order valence-electron chi connectivity index (χ0n) is 7.32. The van der Waals surface area contributed by atoms with Crippen molar-refractivity contribution < 1.29 is 36.3 Å². The third kappa shape index (κ3) is 3.33. The largest absolute Gasteiger partial charge is 0.463 e. The summed E-state index contributed by atoms with van der Waals surface area (Å²) in [7, 11) is 0. The van der Waals surface area contributed by atoms with Crippen LogP contribution in [0.2, 0.25) is 0 Å². The Morgan fingerprint density at radius 3 is 2.00 bits per heavy atom. The molecule has 0 rings (SSSR count). The number of imide groups is 1. The van der Waals surface area contributed by atoms with E-state index in [1.807, 2.05) is 0 Å². The second-order valence-electron chi connectivity index (χ2n) is 2.25. The molecule has 2 amide bonds. The summed E-state index contributed by atoms with van der Waals surface area (Å²) in [6, 6.07) is 0. The molecule has 0 saturated carbocycles. The first kappa shape index (κ1) is 13.6. The van der Waals surface area contributed by atoms with Crippen molar-refractivity contribution >= 4 is 12.0 Å². The first-order chi connectivity index (χ1) is 6.63. The fourth-order valence-electron chi connectivity index (χ4n) is 0.467. The molecule has 15 heavy (non-hydrogen) atoms. The van der Waals surface area contributed by atoms with Crippen LogP contribution in [0.3, 0.4) is 0 Å². The molecule has 4 nitrogen and oxygen atoms in total. The second kappa shape index (κ2) is 4.41. The van der Waals surface area contributed by atoms with Gasteiger partial charge in [-0.1, -0.05) is 0 Å². The van der Waals surface area contributed by atoms with E-state index in [1.54, 1.807) is 0 Å². The summed E-state index contributed by atoms with van der Waals surface area (Å²) >= 11 is 0. The van der Waals surface area contributed by atoms with Gasteiger partial charge in [0.2, 0.25) is 0 Å². The van der Waals surface area contributed by atoms with Gasteiger partial charge in [0, 0.05) is 0 Å². The summed E-state index contributed by atoms with van der Waals surface area (Å²) in [6.45, 7) is 1.02. The number of rotatable bonds is 2. The van der Waals surface area contributed by atoms with Crippen LogP contribution in [0.5, 0.6) is 0 Å². The third-order valence-electron chi connectivity index (χ3n) is 1.13. The van der Waals surface area contributed by atoms with E-state index in [0.29, 0.717) is 0 Å². The van der Waals surface area contributed by atoms with Crippen LogP contribution >= 0.6 is 0 Å². The molecule has 0 aromatic carbocycles. The van der Waals surface area contributed by atoms with Gasteiger partial charge in [-0.2, -0.15) is 22.0 Å². The summed E-state index contributed by atoms with van der Waals surface area (Å²) in [6.07, 6.45) is -7.71. The molecule has 0 aliphatic carbocycles. The van der Waals surface area contributed by atoms with Crippen molar-refractivity contribution in [3.8, 4) is 0 Å². The van der Waals surface area contributed by atoms with Gasteiger partial charge in [0.25, 0.3) is 0 Å². The molecule has 0 aromatic heterocycles. The number of alkyl carbamates (subject to hydrolysis) is 1. The molecule has 9 heteroatoms. The number of hydrogen-bond acceptors (Lipinski definition) is 3. The lowest BCUT2D eigenvalue weighted by atomic mass is 10.3. The molecule has 0 atom stereocenters. The first-order valence-electron chi connectivity index (χ1n) is 3.55. The number of halogens is 5. The van der Waals surface area contributed by atoms with E-state index in [2.05, 4.69) is 4.74 Å². The molecule has 0 unspecified atom stereocenters. The van der Waals surface area contributed by atoms with Gasteiger partial charge in [0.15, 0.2) is 0 Å². The average molecular weight is 235 g/mol. The highest BCUT2D eigenvalue weighted by molar-refractivity contribution is 5.96. The molecular weight excluding hydrogens is 229 g/mol. The molecule has 88 valence electrons. The molecule has 0 aliphatic heterocycles. The molecule has 0 radical (unpaired) electrons. The maximum absolute atomic E-state index is 12.2. The van der Waals surface area contributed by atoms with Crippen LogP contribution in [0.1, 0.15) is 6.92 Å². The van der Waals surface area contributed by atoms with Gasteiger partial charge in [0.1, 0.15) is 0 Å². The smallest absolute Gasteiger partial charge is 0.450 e. The number of hydrogen-bond donors (Lipinski definition) is 1. The van der Waals surface area contributed by atoms with E-state index in [4.69, 9.17) is 0 Å². The topological polar surface area (TPSA) is 55.4 Å². The lowest BCUT2D eigenvalue weighted by Crippen LogP contribution is -2.52. The summed E-state index contributed by atoms with van der Waals surface area (Å²) in [5, 5.41) is 0.758. The van der Waals surface area contributed by atoms with E-state index in [9.17, 15) is 31.5 Å². The van der Waals surface area contributed by atoms with Crippen molar-refractivity contribution in [2.24, 2.45) is 0 Å². The van der Waals surface area contributed by atoms with Gasteiger partial charge in [-0.05, 0) is 6.92 Å². The van der Waals surface area contributed by atoms with Crippen LogP contribution in [0.4, 0.5) is 26.7 Å². The average Bonchev–Trinajstić information content (AvgIpc) is 2.02. The monoisotopic (exact) mass is 235 g/mol. The minimum absolute atomic E-state index is 0.267. The molecule has 0 aliphatic rings. The normalized spacial score (nSPS) is 12.1. The van der Waals surface area contributed by atoms with Crippen molar-refractivity contribution in [2.45, 2.75) is 19.0 Å². The minimum Gasteiger partial charge on any atom is -0.450 e. The number of nitrogens with one attached hydrogen (secondary N) is 1. The molecule has 0 bridgehead atoms. The van der Waals surface area contributed by atoms with Gasteiger partial charge < -0.3 is 4.74 Å². The maximum atomic E-state index is 12.2. The van der Waals surface area contributed by atoms with Crippen LogP contribution in [-0.2, 0) is 9.53 Å². The fraction of sp³-hybridized carbons (Fsp3) is 0.667. The summed E-state index contributed by atoms with van der Waals surface area (Å²) < 4.78 is 63.0. The van der Waals surface area contributed by atoms with Gasteiger partial charge in [0.05, 0.1) is 6.61 Å². The zero-order chi connectivity index (χ0) is 12.3. The molecule has 0 fully saturated rings. The number of amides is 2. The van der Waals surface area contributed by atoms with E-state index in [1.165, 1.54) is 6.92 Å². The van der Waals surface area contributed by atoms with Crippen LogP contribution < -0.4 is 5.32 Å². The van der Waals surface area contributed by atoms with Crippen molar-refractivity contribution in [3.63, 3.8) is 0 Å². The lowest BCUT2D eigenvalue weighted by molar-refractivity contribution is -0.269. The Bertz CT molecular complexity index is 262. The van der Waals surface area contributed by atoms with E-state index in [0.717, 1.165) is 5.32 Å². The molecule has 0 saturated heterocycles. The van der Waals surface area contributed by atoms with Crippen molar-refractivity contribution in [2.75, 3.05) is 6.61 Å². The maximum Gasteiger partial charge on any atom is 0.463 e. The van der Waals surface area contributed by atoms with Crippen LogP contribution in [0.15, 0.2) is 0 Å². The number of carbonyl (C=O) groups excluding carboxylic acids is 2. The Labute approximate surface area is 80.4 Å². The highest BCUT2D eigenvalue weighted by atomic mass is 19.4. The molecular formula is C6H6F5NO3. The number of ether oxygens (including phenoxy) is 1. The highest BCUT2D eigenvalue weighted by Gasteiger charge is 2.63. The quantitative estimate of drug-likeness (QED) is 0.737. The lowest BCUT2D eigenvalue weighted by Gasteiger charge is -2.17. The third-order valence-corrected chi connectivity index (χ3v) is 1.13. The predicted octanol–water partition coefficient (Wildman–Crippen LogP) is 1.46. The van der Waals surface area contributed by atoms with Crippen molar-refractivity contribution in [1.29, 1.82) is 0 Å².